The average Bonchev–Trinajstić information content (AvgIpc) is 2.21. The molecule has 1 aliphatic heterocycles. The largest absolute Gasteiger partial charge is 0.355 e. The molecule has 15 heavy (non-hydrogen) atoms. The van der Waals surface area contributed by atoms with Crippen molar-refractivity contribution in [3.63, 3.8) is 0 Å². The van der Waals surface area contributed by atoms with Crippen molar-refractivity contribution in [3.05, 3.63) is 0 Å². The minimum atomic E-state index is -0.117. The maximum atomic E-state index is 11.8. The van der Waals surface area contributed by atoms with Gasteiger partial charge >= 0.3 is 0 Å². The SMILES string of the molecule is CCNC(=O)CN1CCNC(CC)C1=O. The molecule has 2 amide bonds. The molecule has 0 aromatic heterocycles. The number of carbonyl (C=O) groups is 2. The first kappa shape index (κ1) is 12.0. The van der Waals surface area contributed by atoms with Gasteiger partial charge in [-0.05, 0) is 13.3 Å². The van der Waals surface area contributed by atoms with Crippen LogP contribution in [0.3, 0.4) is 0 Å². The van der Waals surface area contributed by atoms with Crippen molar-refractivity contribution in [1.29, 1.82) is 0 Å². The standard InChI is InChI=1S/C10H19N3O2/c1-3-8-10(15)13(6-5-12-8)7-9(14)11-4-2/h8,12H,3-7H2,1-2H3,(H,11,14). The molecule has 5 heteroatoms. The number of hydrogen-bond acceptors (Lipinski definition) is 3. The number of hydrogen-bond donors (Lipinski definition) is 2. The normalized spacial score (nSPS) is 21.6. The highest BCUT2D eigenvalue weighted by Crippen LogP contribution is 2.03. The van der Waals surface area contributed by atoms with E-state index in [-0.39, 0.29) is 24.4 Å². The van der Waals surface area contributed by atoms with Crippen molar-refractivity contribution >= 4 is 11.8 Å². The Balaban J connectivity index is 2.47. The number of carbonyl (C=O) groups excluding carboxylic acids is 2. The van der Waals surface area contributed by atoms with Crippen molar-refractivity contribution in [2.45, 2.75) is 26.3 Å². The number of rotatable bonds is 4. The predicted octanol–water partition coefficient (Wildman–Crippen LogP) is -0.667. The van der Waals surface area contributed by atoms with E-state index >= 15 is 0 Å². The molecule has 0 radical (unpaired) electrons. The molecule has 1 rings (SSSR count). The fraction of sp³-hybridized carbons (Fsp3) is 0.800. The average molecular weight is 213 g/mol. The first-order valence-electron chi connectivity index (χ1n) is 5.47. The van der Waals surface area contributed by atoms with E-state index in [0.29, 0.717) is 13.1 Å². The summed E-state index contributed by atoms with van der Waals surface area (Å²) in [6.07, 6.45) is 0.769. The van der Waals surface area contributed by atoms with Crippen LogP contribution in [0.25, 0.3) is 0 Å². The van der Waals surface area contributed by atoms with Crippen molar-refractivity contribution in [1.82, 2.24) is 15.5 Å². The Morgan fingerprint density at radius 2 is 2.33 bits per heavy atom. The van der Waals surface area contributed by atoms with Crippen LogP contribution in [0.4, 0.5) is 0 Å². The molecular weight excluding hydrogens is 194 g/mol. The molecule has 1 aliphatic rings. The molecule has 1 heterocycles. The summed E-state index contributed by atoms with van der Waals surface area (Å²) in [5, 5.41) is 5.82. The molecule has 1 fully saturated rings. The van der Waals surface area contributed by atoms with E-state index in [1.54, 1.807) is 4.90 Å². The molecule has 0 bridgehead atoms. The molecule has 0 saturated carbocycles. The predicted molar refractivity (Wildman–Crippen MR) is 57.3 cm³/mol. The van der Waals surface area contributed by atoms with Crippen LogP contribution in [0.1, 0.15) is 20.3 Å². The Morgan fingerprint density at radius 1 is 1.60 bits per heavy atom. The Kier molecular flexibility index (Phi) is 4.55. The zero-order chi connectivity index (χ0) is 11.3. The summed E-state index contributed by atoms with van der Waals surface area (Å²) in [5.41, 5.74) is 0. The molecule has 0 aliphatic carbocycles. The zero-order valence-corrected chi connectivity index (χ0v) is 9.38. The van der Waals surface area contributed by atoms with Gasteiger partial charge in [0, 0.05) is 19.6 Å². The number of nitrogens with one attached hydrogen (secondary N) is 2. The fourth-order valence-electron chi connectivity index (χ4n) is 1.69. The highest BCUT2D eigenvalue weighted by Gasteiger charge is 2.27. The second-order valence-corrected chi connectivity index (χ2v) is 3.63. The molecule has 1 unspecified atom stereocenters. The zero-order valence-electron chi connectivity index (χ0n) is 9.38. The van der Waals surface area contributed by atoms with Gasteiger partial charge in [-0.15, -0.1) is 0 Å². The van der Waals surface area contributed by atoms with Crippen molar-refractivity contribution in [2.75, 3.05) is 26.2 Å². The van der Waals surface area contributed by atoms with Crippen molar-refractivity contribution < 1.29 is 9.59 Å². The van der Waals surface area contributed by atoms with Gasteiger partial charge in [0.05, 0.1) is 12.6 Å². The summed E-state index contributed by atoms with van der Waals surface area (Å²) in [7, 11) is 0. The molecule has 86 valence electrons. The summed E-state index contributed by atoms with van der Waals surface area (Å²) >= 11 is 0. The van der Waals surface area contributed by atoms with Crippen LogP contribution >= 0.6 is 0 Å². The fourth-order valence-corrected chi connectivity index (χ4v) is 1.69. The summed E-state index contributed by atoms with van der Waals surface area (Å²) < 4.78 is 0. The van der Waals surface area contributed by atoms with Crippen LogP contribution in [-0.4, -0.2) is 48.9 Å². The quantitative estimate of drug-likeness (QED) is 0.651. The third kappa shape index (κ3) is 3.20. The lowest BCUT2D eigenvalue weighted by Crippen LogP contribution is -2.56. The van der Waals surface area contributed by atoms with Crippen LogP contribution in [0.5, 0.6) is 0 Å². The monoisotopic (exact) mass is 213 g/mol. The summed E-state index contributed by atoms with van der Waals surface area (Å²) in [6.45, 7) is 6.01. The third-order valence-corrected chi connectivity index (χ3v) is 2.50. The first-order chi connectivity index (χ1) is 7.19. The molecular formula is C10H19N3O2. The van der Waals surface area contributed by atoms with Gasteiger partial charge < -0.3 is 15.5 Å². The summed E-state index contributed by atoms with van der Waals surface area (Å²) in [4.78, 5) is 24.7. The molecule has 5 nitrogen and oxygen atoms in total. The maximum absolute atomic E-state index is 11.8. The van der Waals surface area contributed by atoms with E-state index in [0.717, 1.165) is 13.0 Å². The minimum Gasteiger partial charge on any atom is -0.355 e. The Labute approximate surface area is 90.2 Å². The highest BCUT2D eigenvalue weighted by atomic mass is 16.2. The van der Waals surface area contributed by atoms with Crippen molar-refractivity contribution in [3.8, 4) is 0 Å². The lowest BCUT2D eigenvalue weighted by atomic mass is 10.1. The smallest absolute Gasteiger partial charge is 0.240 e. The van der Waals surface area contributed by atoms with Gasteiger partial charge in [0.2, 0.25) is 11.8 Å². The van der Waals surface area contributed by atoms with Crippen LogP contribution in [0, 0.1) is 0 Å². The van der Waals surface area contributed by atoms with E-state index in [1.165, 1.54) is 0 Å². The van der Waals surface area contributed by atoms with Gasteiger partial charge in [-0.2, -0.15) is 0 Å². The van der Waals surface area contributed by atoms with Crippen LogP contribution < -0.4 is 10.6 Å². The lowest BCUT2D eigenvalue weighted by molar-refractivity contribution is -0.139. The van der Waals surface area contributed by atoms with Gasteiger partial charge in [0.15, 0.2) is 0 Å². The highest BCUT2D eigenvalue weighted by molar-refractivity contribution is 5.88. The summed E-state index contributed by atoms with van der Waals surface area (Å²) in [5.74, 6) is -0.0439. The third-order valence-electron chi connectivity index (χ3n) is 2.50. The maximum Gasteiger partial charge on any atom is 0.240 e. The van der Waals surface area contributed by atoms with Crippen LogP contribution in [-0.2, 0) is 9.59 Å². The minimum absolute atomic E-state index is 0.0370. The summed E-state index contributed by atoms with van der Waals surface area (Å²) in [6, 6.07) is -0.117. The molecule has 1 atom stereocenters. The Bertz CT molecular complexity index is 243. The van der Waals surface area contributed by atoms with Gasteiger partial charge in [0.1, 0.15) is 0 Å². The van der Waals surface area contributed by atoms with E-state index in [4.69, 9.17) is 0 Å². The van der Waals surface area contributed by atoms with Crippen molar-refractivity contribution in [2.24, 2.45) is 0 Å². The second-order valence-electron chi connectivity index (χ2n) is 3.63. The molecule has 0 aromatic carbocycles. The van der Waals surface area contributed by atoms with Gasteiger partial charge in [-0.1, -0.05) is 6.92 Å². The van der Waals surface area contributed by atoms with Gasteiger partial charge in [-0.25, -0.2) is 0 Å². The number of amides is 2. The first-order valence-corrected chi connectivity index (χ1v) is 5.47. The molecule has 2 N–H and O–H groups in total. The van der Waals surface area contributed by atoms with E-state index in [1.807, 2.05) is 13.8 Å². The van der Waals surface area contributed by atoms with E-state index in [9.17, 15) is 9.59 Å². The van der Waals surface area contributed by atoms with Gasteiger partial charge in [0.25, 0.3) is 0 Å². The second kappa shape index (κ2) is 5.70. The van der Waals surface area contributed by atoms with Gasteiger partial charge in [-0.3, -0.25) is 9.59 Å². The molecule has 1 saturated heterocycles. The van der Waals surface area contributed by atoms with Crippen LogP contribution in [0.15, 0.2) is 0 Å². The molecule has 0 aromatic rings. The molecule has 0 spiro atoms. The number of likely N-dealkylation sites (N-methyl/N-ethyl adjacent to an activating group) is 1. The lowest BCUT2D eigenvalue weighted by Gasteiger charge is -2.32. The number of piperazine rings is 1. The number of nitrogens with zero attached hydrogens (tertiary/aromatic N) is 1. The Hall–Kier alpha value is -1.10. The Morgan fingerprint density at radius 3 is 2.93 bits per heavy atom. The van der Waals surface area contributed by atoms with E-state index < -0.39 is 0 Å². The topological polar surface area (TPSA) is 61.4 Å². The van der Waals surface area contributed by atoms with Crippen LogP contribution in [0.2, 0.25) is 0 Å². The van der Waals surface area contributed by atoms with E-state index in [2.05, 4.69) is 10.6 Å².